The van der Waals surface area contributed by atoms with Gasteiger partial charge in [0.05, 0.1) is 17.9 Å². The fourth-order valence-electron chi connectivity index (χ4n) is 3.72. The van der Waals surface area contributed by atoms with Gasteiger partial charge in [0.1, 0.15) is 5.75 Å². The number of carbonyl (C=O) groups excluding carboxylic acids is 1. The van der Waals surface area contributed by atoms with Gasteiger partial charge in [0.25, 0.3) is 6.17 Å². The van der Waals surface area contributed by atoms with Gasteiger partial charge in [-0.15, -0.1) is 6.58 Å². The maximum absolute atomic E-state index is 13.1. The van der Waals surface area contributed by atoms with Gasteiger partial charge in [0, 0.05) is 23.3 Å². The fourth-order valence-corrected chi connectivity index (χ4v) is 4.31. The van der Waals surface area contributed by atoms with Crippen LogP contribution in [0.5, 0.6) is 5.75 Å². The smallest absolute Gasteiger partial charge is 0.325 e. The Morgan fingerprint density at radius 2 is 2.03 bits per heavy atom. The first-order chi connectivity index (χ1) is 15.0. The zero-order chi connectivity index (χ0) is 22.0. The molecule has 1 amide bonds. The number of H-pyrrole nitrogens is 1. The number of hydrogen-bond acceptors (Lipinski definition) is 5. The highest BCUT2D eigenvalue weighted by atomic mass is 32.2. The van der Waals surface area contributed by atoms with Crippen LogP contribution in [0.3, 0.4) is 0 Å². The molecule has 8 heteroatoms. The molecule has 7 nitrogen and oxygen atoms in total. The van der Waals surface area contributed by atoms with Crippen LogP contribution in [0.25, 0.3) is 11.3 Å². The Labute approximate surface area is 184 Å². The molecule has 0 saturated heterocycles. The summed E-state index contributed by atoms with van der Waals surface area (Å²) in [5, 5.41) is 5.18. The molecule has 0 saturated carbocycles. The van der Waals surface area contributed by atoms with Gasteiger partial charge >= 0.3 is 11.3 Å². The number of nitrogens with one attached hydrogen (secondary N) is 1. The number of fused-ring (bicyclic) bond motifs is 3. The van der Waals surface area contributed by atoms with E-state index in [0.29, 0.717) is 34.5 Å². The molecular weight excluding hydrogens is 412 g/mol. The van der Waals surface area contributed by atoms with Gasteiger partial charge in [-0.2, -0.15) is 0 Å². The molecule has 0 bridgehead atoms. The van der Waals surface area contributed by atoms with Crippen LogP contribution in [0, 0.1) is 0 Å². The summed E-state index contributed by atoms with van der Waals surface area (Å²) in [6.07, 6.45) is 1.14. The number of anilines is 1. The van der Waals surface area contributed by atoms with Crippen molar-refractivity contribution in [2.45, 2.75) is 25.2 Å². The summed E-state index contributed by atoms with van der Waals surface area (Å²) in [5.41, 5.74) is 2.31. The van der Waals surface area contributed by atoms with Crippen molar-refractivity contribution in [2.75, 3.05) is 17.3 Å². The molecular formula is C23H23N4O3S+. The molecule has 1 aliphatic rings. The zero-order valence-electron chi connectivity index (χ0n) is 17.4. The third kappa shape index (κ3) is 3.86. The average Bonchev–Trinajstić information content (AvgIpc) is 2.77. The fraction of sp³-hybridized carbons (Fsp3) is 0.217. The number of hydrogen-bond donors (Lipinski definition) is 1. The third-order valence-corrected chi connectivity index (χ3v) is 5.78. The maximum atomic E-state index is 13.1. The zero-order valence-corrected chi connectivity index (χ0v) is 18.2. The van der Waals surface area contributed by atoms with Gasteiger partial charge in [0.15, 0.2) is 0 Å². The van der Waals surface area contributed by atoms with Crippen LogP contribution in [0.4, 0.5) is 5.69 Å². The predicted molar refractivity (Wildman–Crippen MR) is 120 cm³/mol. The van der Waals surface area contributed by atoms with E-state index in [1.807, 2.05) is 55.5 Å². The van der Waals surface area contributed by atoms with Crippen LogP contribution in [0.2, 0.25) is 0 Å². The summed E-state index contributed by atoms with van der Waals surface area (Å²) in [6.45, 7) is 7.73. The molecule has 0 unspecified atom stereocenters. The van der Waals surface area contributed by atoms with E-state index in [1.54, 1.807) is 15.7 Å². The van der Waals surface area contributed by atoms with Gasteiger partial charge in [0.2, 0.25) is 11.1 Å². The number of benzene rings is 2. The number of nitrogens with zero attached hydrogens (tertiary/aromatic N) is 3. The van der Waals surface area contributed by atoms with Crippen molar-refractivity contribution >= 4 is 23.4 Å². The van der Waals surface area contributed by atoms with Gasteiger partial charge < -0.3 is 4.74 Å². The van der Waals surface area contributed by atoms with Crippen LogP contribution in [0.1, 0.15) is 25.6 Å². The topological polar surface area (TPSA) is 79.2 Å². The van der Waals surface area contributed by atoms with E-state index >= 15 is 0 Å². The molecule has 1 aliphatic heterocycles. The minimum atomic E-state index is -0.608. The van der Waals surface area contributed by atoms with Gasteiger partial charge in [-0.05, 0) is 48.0 Å². The lowest BCUT2D eigenvalue weighted by Gasteiger charge is -2.31. The maximum Gasteiger partial charge on any atom is 0.325 e. The summed E-state index contributed by atoms with van der Waals surface area (Å²) in [6, 6.07) is 14.9. The first kappa shape index (κ1) is 20.9. The second-order valence-corrected chi connectivity index (χ2v) is 7.94. The first-order valence-electron chi connectivity index (χ1n) is 9.97. The van der Waals surface area contributed by atoms with Crippen molar-refractivity contribution in [3.8, 4) is 17.0 Å². The molecule has 0 fully saturated rings. The molecule has 1 N–H and O–H groups in total. The second-order valence-electron chi connectivity index (χ2n) is 6.93. The highest BCUT2D eigenvalue weighted by Crippen LogP contribution is 2.37. The first-order valence-corrected chi connectivity index (χ1v) is 11.0. The molecule has 1 atom stereocenters. The molecule has 4 rings (SSSR count). The van der Waals surface area contributed by atoms with Crippen LogP contribution in [-0.4, -0.2) is 28.3 Å². The number of ether oxygens (including phenoxy) is 1. The summed E-state index contributed by atoms with van der Waals surface area (Å²) in [5.74, 6) is 1.19. The number of carbonyl (C=O) groups is 1. The quantitative estimate of drug-likeness (QED) is 0.365. The third-order valence-electron chi connectivity index (χ3n) is 4.92. The SMILES string of the molecule is C=CCSc1n[n+]2c(c(=O)[nH]1)-c1ccccc1N(C(C)=O)[C@@H]2c1ccc(OCC)cc1. The Balaban J connectivity index is 1.96. The highest BCUT2D eigenvalue weighted by Gasteiger charge is 2.44. The largest absolute Gasteiger partial charge is 0.494 e. The molecule has 0 aliphatic carbocycles. The van der Waals surface area contributed by atoms with Gasteiger partial charge in [-0.3, -0.25) is 14.6 Å². The van der Waals surface area contributed by atoms with E-state index in [1.165, 1.54) is 18.7 Å². The molecule has 158 valence electrons. The summed E-state index contributed by atoms with van der Waals surface area (Å²) in [7, 11) is 0. The van der Waals surface area contributed by atoms with Crippen molar-refractivity contribution in [2.24, 2.45) is 0 Å². The molecule has 31 heavy (non-hydrogen) atoms. The number of thioether (sulfide) groups is 1. The predicted octanol–water partition coefficient (Wildman–Crippen LogP) is 3.31. The molecule has 3 aromatic rings. The highest BCUT2D eigenvalue weighted by molar-refractivity contribution is 7.99. The van der Waals surface area contributed by atoms with E-state index in [9.17, 15) is 9.59 Å². The van der Waals surface area contributed by atoms with Crippen LogP contribution in [0.15, 0.2) is 71.1 Å². The molecule has 2 heterocycles. The lowest BCUT2D eigenvalue weighted by molar-refractivity contribution is -0.763. The number of amides is 1. The average molecular weight is 436 g/mol. The van der Waals surface area contributed by atoms with Crippen molar-refractivity contribution in [3.63, 3.8) is 0 Å². The lowest BCUT2D eigenvalue weighted by atomic mass is 10.0. The van der Waals surface area contributed by atoms with Crippen LogP contribution in [-0.2, 0) is 4.79 Å². The van der Waals surface area contributed by atoms with E-state index in [0.717, 1.165) is 11.3 Å². The minimum Gasteiger partial charge on any atom is -0.494 e. The number of aromatic amines is 1. The summed E-state index contributed by atoms with van der Waals surface area (Å²) < 4.78 is 7.20. The normalized spacial score (nSPS) is 14.5. The van der Waals surface area contributed by atoms with Gasteiger partial charge in [-0.25, -0.2) is 4.90 Å². The lowest BCUT2D eigenvalue weighted by Crippen LogP contribution is -2.60. The second kappa shape index (κ2) is 8.77. The molecule has 0 radical (unpaired) electrons. The Hall–Kier alpha value is -3.39. The molecule has 2 aromatic carbocycles. The number of rotatable bonds is 6. The van der Waals surface area contributed by atoms with Gasteiger partial charge in [-0.1, -0.05) is 30.0 Å². The van der Waals surface area contributed by atoms with E-state index in [-0.39, 0.29) is 11.5 Å². The standard InChI is InChI=1S/C23H22N4O3S/c1-4-14-31-23-24-21(29)20-18-8-6-7-9-19(18)26(15(3)28)22(27(20)25-23)16-10-12-17(13-11-16)30-5-2/h4,6-13,22H,1,5,14H2,2-3H3/p+1/t22-/m0/s1. The van der Waals surface area contributed by atoms with E-state index in [2.05, 4.69) is 11.6 Å². The Morgan fingerprint density at radius 3 is 2.71 bits per heavy atom. The van der Waals surface area contributed by atoms with Crippen molar-refractivity contribution < 1.29 is 14.2 Å². The number of para-hydroxylation sites is 1. The molecule has 0 spiro atoms. The Bertz CT molecular complexity index is 1190. The van der Waals surface area contributed by atoms with Crippen molar-refractivity contribution in [1.82, 2.24) is 10.1 Å². The molecule has 1 aromatic heterocycles. The van der Waals surface area contributed by atoms with E-state index in [4.69, 9.17) is 9.84 Å². The van der Waals surface area contributed by atoms with E-state index < -0.39 is 6.17 Å². The number of aromatic nitrogens is 3. The van der Waals surface area contributed by atoms with Crippen LogP contribution < -0.4 is 19.9 Å². The summed E-state index contributed by atoms with van der Waals surface area (Å²) in [4.78, 5) is 30.5. The monoisotopic (exact) mass is 435 g/mol. The minimum absolute atomic E-state index is 0.146. The Kier molecular flexibility index (Phi) is 5.90. The summed E-state index contributed by atoms with van der Waals surface area (Å²) >= 11 is 1.38. The van der Waals surface area contributed by atoms with Crippen molar-refractivity contribution in [3.05, 3.63) is 77.1 Å². The van der Waals surface area contributed by atoms with Crippen LogP contribution >= 0.6 is 11.8 Å². The van der Waals surface area contributed by atoms with Crippen molar-refractivity contribution in [1.29, 1.82) is 0 Å². The Morgan fingerprint density at radius 1 is 1.29 bits per heavy atom.